The Morgan fingerprint density at radius 3 is 2.70 bits per heavy atom. The fraction of sp³-hybridized carbons (Fsp3) is 0.533. The molecule has 0 spiro atoms. The van der Waals surface area contributed by atoms with Crippen LogP contribution in [-0.2, 0) is 0 Å². The van der Waals surface area contributed by atoms with Crippen LogP contribution in [0.5, 0.6) is 11.5 Å². The maximum absolute atomic E-state index is 12.7. The second kappa shape index (κ2) is 4.66. The topological polar surface area (TPSA) is 50.8 Å². The zero-order valence-electron chi connectivity index (χ0n) is 11.3. The minimum absolute atomic E-state index is 0.0711. The maximum atomic E-state index is 12.7. The Kier molecular flexibility index (Phi) is 2.80. The third-order valence-corrected chi connectivity index (χ3v) is 4.47. The Morgan fingerprint density at radius 2 is 1.90 bits per heavy atom. The lowest BCUT2D eigenvalue weighted by Gasteiger charge is -2.23. The van der Waals surface area contributed by atoms with Crippen molar-refractivity contribution >= 4 is 5.91 Å². The minimum Gasteiger partial charge on any atom is -0.486 e. The number of benzene rings is 1. The number of nitrogens with zero attached hydrogens (tertiary/aromatic N) is 1. The number of carbonyl (C=O) groups excluding carboxylic acids is 1. The van der Waals surface area contributed by atoms with Crippen molar-refractivity contribution in [2.75, 3.05) is 39.4 Å². The molecule has 1 N–H and O–H groups in total. The van der Waals surface area contributed by atoms with Crippen molar-refractivity contribution in [3.63, 3.8) is 0 Å². The fourth-order valence-corrected chi connectivity index (χ4v) is 3.43. The van der Waals surface area contributed by atoms with E-state index in [1.165, 1.54) is 0 Å². The summed E-state index contributed by atoms with van der Waals surface area (Å²) in [4.78, 5) is 14.7. The molecule has 2 atom stereocenters. The second-order valence-corrected chi connectivity index (χ2v) is 5.72. The summed E-state index contributed by atoms with van der Waals surface area (Å²) in [5.41, 5.74) is 0.634. The predicted molar refractivity (Wildman–Crippen MR) is 73.2 cm³/mol. The number of rotatable bonds is 1. The molecule has 0 saturated carbocycles. The number of para-hydroxylation sites is 1. The van der Waals surface area contributed by atoms with E-state index in [1.807, 2.05) is 23.1 Å². The first-order valence-electron chi connectivity index (χ1n) is 7.21. The third kappa shape index (κ3) is 1.85. The van der Waals surface area contributed by atoms with Crippen LogP contribution in [0, 0.1) is 11.8 Å². The largest absolute Gasteiger partial charge is 0.486 e. The zero-order chi connectivity index (χ0) is 13.5. The average Bonchev–Trinajstić information content (AvgIpc) is 3.07. The molecule has 2 saturated heterocycles. The molecule has 3 aliphatic heterocycles. The quantitative estimate of drug-likeness (QED) is 0.821. The van der Waals surface area contributed by atoms with E-state index in [0.29, 0.717) is 42.1 Å². The van der Waals surface area contributed by atoms with E-state index in [4.69, 9.17) is 9.47 Å². The van der Waals surface area contributed by atoms with E-state index < -0.39 is 0 Å². The van der Waals surface area contributed by atoms with Gasteiger partial charge in [-0.25, -0.2) is 0 Å². The van der Waals surface area contributed by atoms with E-state index in [9.17, 15) is 4.79 Å². The van der Waals surface area contributed by atoms with Crippen LogP contribution in [0.3, 0.4) is 0 Å². The number of amides is 1. The Morgan fingerprint density at radius 1 is 1.15 bits per heavy atom. The fourth-order valence-electron chi connectivity index (χ4n) is 3.43. The molecule has 0 radical (unpaired) electrons. The summed E-state index contributed by atoms with van der Waals surface area (Å²) in [6.07, 6.45) is 0. The molecule has 1 aromatic carbocycles. The van der Waals surface area contributed by atoms with Crippen molar-refractivity contribution in [1.29, 1.82) is 0 Å². The Hall–Kier alpha value is -1.75. The number of carbonyl (C=O) groups is 1. The third-order valence-electron chi connectivity index (χ3n) is 4.47. The molecule has 3 aliphatic rings. The summed E-state index contributed by atoms with van der Waals surface area (Å²) in [6.45, 7) is 4.81. The summed E-state index contributed by atoms with van der Waals surface area (Å²) >= 11 is 0. The van der Waals surface area contributed by atoms with Gasteiger partial charge in [-0.1, -0.05) is 6.07 Å². The number of ether oxygens (including phenoxy) is 2. The van der Waals surface area contributed by atoms with Gasteiger partial charge in [0.1, 0.15) is 13.2 Å². The molecule has 5 heteroatoms. The van der Waals surface area contributed by atoms with Gasteiger partial charge in [0.05, 0.1) is 5.56 Å². The molecular weight excluding hydrogens is 256 g/mol. The van der Waals surface area contributed by atoms with E-state index >= 15 is 0 Å². The molecule has 1 amide bonds. The van der Waals surface area contributed by atoms with Gasteiger partial charge in [-0.3, -0.25) is 4.79 Å². The van der Waals surface area contributed by atoms with Crippen molar-refractivity contribution < 1.29 is 14.3 Å². The Bertz CT molecular complexity index is 534. The number of nitrogens with one attached hydrogen (secondary N) is 1. The minimum atomic E-state index is 0.0711. The average molecular weight is 274 g/mol. The number of fused-ring (bicyclic) bond motifs is 2. The Balaban J connectivity index is 1.60. The molecule has 4 rings (SSSR count). The second-order valence-electron chi connectivity index (χ2n) is 5.72. The molecule has 0 unspecified atom stereocenters. The van der Waals surface area contributed by atoms with Gasteiger partial charge in [-0.05, 0) is 24.0 Å². The van der Waals surface area contributed by atoms with Crippen molar-refractivity contribution in [3.8, 4) is 11.5 Å². The molecule has 20 heavy (non-hydrogen) atoms. The highest BCUT2D eigenvalue weighted by Crippen LogP contribution is 2.36. The van der Waals surface area contributed by atoms with Crippen molar-refractivity contribution in [2.24, 2.45) is 11.8 Å². The van der Waals surface area contributed by atoms with Gasteiger partial charge in [0.15, 0.2) is 11.5 Å². The van der Waals surface area contributed by atoms with Crippen LogP contribution in [0.1, 0.15) is 10.4 Å². The highest BCUT2D eigenvalue weighted by molar-refractivity contribution is 5.98. The van der Waals surface area contributed by atoms with Crippen LogP contribution in [0.2, 0.25) is 0 Å². The summed E-state index contributed by atoms with van der Waals surface area (Å²) in [5.74, 6) is 2.58. The van der Waals surface area contributed by atoms with Crippen LogP contribution >= 0.6 is 0 Å². The van der Waals surface area contributed by atoms with Crippen molar-refractivity contribution in [2.45, 2.75) is 0 Å². The van der Waals surface area contributed by atoms with Gasteiger partial charge in [0.25, 0.3) is 5.91 Å². The van der Waals surface area contributed by atoms with Crippen LogP contribution in [0.25, 0.3) is 0 Å². The van der Waals surface area contributed by atoms with Crippen molar-refractivity contribution in [3.05, 3.63) is 23.8 Å². The first kappa shape index (κ1) is 12.0. The first-order valence-corrected chi connectivity index (χ1v) is 7.21. The first-order chi connectivity index (χ1) is 9.83. The lowest BCUT2D eigenvalue weighted by molar-refractivity contribution is 0.0771. The summed E-state index contributed by atoms with van der Waals surface area (Å²) in [5, 5.41) is 3.39. The van der Waals surface area contributed by atoms with Gasteiger partial charge in [-0.15, -0.1) is 0 Å². The summed E-state index contributed by atoms with van der Waals surface area (Å²) in [7, 11) is 0. The van der Waals surface area contributed by atoms with Gasteiger partial charge >= 0.3 is 0 Å². The molecular formula is C15H18N2O3. The number of likely N-dealkylation sites (tertiary alicyclic amines) is 1. The van der Waals surface area contributed by atoms with E-state index in [2.05, 4.69) is 5.32 Å². The van der Waals surface area contributed by atoms with Crippen LogP contribution < -0.4 is 14.8 Å². The smallest absolute Gasteiger partial charge is 0.257 e. The van der Waals surface area contributed by atoms with E-state index in [-0.39, 0.29) is 5.91 Å². The number of hydrogen-bond acceptors (Lipinski definition) is 4. The van der Waals surface area contributed by atoms with Gasteiger partial charge in [0, 0.05) is 26.2 Å². The number of hydrogen-bond donors (Lipinski definition) is 1. The Labute approximate surface area is 117 Å². The lowest BCUT2D eigenvalue weighted by Crippen LogP contribution is -2.32. The molecule has 0 bridgehead atoms. The molecule has 1 aromatic rings. The zero-order valence-corrected chi connectivity index (χ0v) is 11.3. The SMILES string of the molecule is O=C(c1cccc2c1OCCO2)N1C[C@H]2CNC[C@H]2C1. The van der Waals surface area contributed by atoms with E-state index in [1.54, 1.807) is 0 Å². The molecule has 106 valence electrons. The summed E-state index contributed by atoms with van der Waals surface area (Å²) < 4.78 is 11.2. The monoisotopic (exact) mass is 274 g/mol. The maximum Gasteiger partial charge on any atom is 0.257 e. The normalized spacial score (nSPS) is 27.5. The van der Waals surface area contributed by atoms with Crippen LogP contribution in [-0.4, -0.2) is 50.2 Å². The predicted octanol–water partition coefficient (Wildman–Crippen LogP) is 0.749. The lowest BCUT2D eigenvalue weighted by atomic mass is 10.0. The summed E-state index contributed by atoms with van der Waals surface area (Å²) in [6, 6.07) is 5.55. The van der Waals surface area contributed by atoms with E-state index in [0.717, 1.165) is 26.2 Å². The van der Waals surface area contributed by atoms with Gasteiger partial charge in [0.2, 0.25) is 0 Å². The molecule has 3 heterocycles. The molecule has 2 fully saturated rings. The standard InChI is InChI=1S/C15H18N2O3/c18-15(17-8-10-6-16-7-11(10)9-17)12-2-1-3-13-14(12)20-5-4-19-13/h1-3,10-11,16H,4-9H2/t10-,11+. The highest BCUT2D eigenvalue weighted by Gasteiger charge is 2.39. The molecule has 0 aromatic heterocycles. The molecule has 5 nitrogen and oxygen atoms in total. The highest BCUT2D eigenvalue weighted by atomic mass is 16.6. The van der Waals surface area contributed by atoms with Gasteiger partial charge < -0.3 is 19.7 Å². The molecule has 0 aliphatic carbocycles. The van der Waals surface area contributed by atoms with Gasteiger partial charge in [-0.2, -0.15) is 0 Å². The van der Waals surface area contributed by atoms with Crippen LogP contribution in [0.4, 0.5) is 0 Å². The van der Waals surface area contributed by atoms with Crippen LogP contribution in [0.15, 0.2) is 18.2 Å². The van der Waals surface area contributed by atoms with Crippen molar-refractivity contribution in [1.82, 2.24) is 10.2 Å².